The van der Waals surface area contributed by atoms with E-state index in [1.807, 2.05) is 12.1 Å². The molecule has 0 saturated carbocycles. The Morgan fingerprint density at radius 1 is 1.29 bits per heavy atom. The normalized spacial score (nSPS) is 11.6. The fraction of sp³-hybridized carbons (Fsp3) is 0.429. The van der Waals surface area contributed by atoms with Crippen molar-refractivity contribution in [3.63, 3.8) is 0 Å². The van der Waals surface area contributed by atoms with Gasteiger partial charge in [0.2, 0.25) is 0 Å². The molecule has 0 N–H and O–H groups in total. The van der Waals surface area contributed by atoms with Crippen molar-refractivity contribution >= 4 is 22.5 Å². The summed E-state index contributed by atoms with van der Waals surface area (Å²) in [4.78, 5) is 0. The Hall–Kier alpha value is -0.990. The Bertz CT molecular complexity index is 516. The average Bonchev–Trinajstić information content (AvgIpc) is 2.62. The molecule has 0 spiro atoms. The third-order valence-electron chi connectivity index (χ3n) is 2.83. The van der Waals surface area contributed by atoms with Crippen molar-refractivity contribution < 1.29 is 4.74 Å². The second kappa shape index (κ2) is 5.11. The standard InChI is InChI=1S/C14H18ClNO/c1-4-16-13(9-17-10(2)3)8-11-7-12(15)5-6-14(11)16/h5-8,10H,4,9H2,1-3H3. The molecule has 3 heteroatoms. The van der Waals surface area contributed by atoms with Crippen molar-refractivity contribution in [2.45, 2.75) is 40.0 Å². The minimum absolute atomic E-state index is 0.252. The highest BCUT2D eigenvalue weighted by Crippen LogP contribution is 2.24. The summed E-state index contributed by atoms with van der Waals surface area (Å²) < 4.78 is 7.95. The molecule has 0 amide bonds. The van der Waals surface area contributed by atoms with Crippen LogP contribution in [0, 0.1) is 0 Å². The topological polar surface area (TPSA) is 14.2 Å². The highest BCUT2D eigenvalue weighted by molar-refractivity contribution is 6.31. The molecule has 0 aliphatic heterocycles. The third kappa shape index (κ3) is 2.64. The van der Waals surface area contributed by atoms with Crippen molar-refractivity contribution in [1.29, 1.82) is 0 Å². The van der Waals surface area contributed by atoms with Crippen LogP contribution in [-0.2, 0) is 17.9 Å². The van der Waals surface area contributed by atoms with Gasteiger partial charge in [0, 0.05) is 28.2 Å². The van der Waals surface area contributed by atoms with E-state index in [9.17, 15) is 0 Å². The van der Waals surface area contributed by atoms with Gasteiger partial charge in [0.1, 0.15) is 0 Å². The summed E-state index contributed by atoms with van der Waals surface area (Å²) in [5, 5.41) is 1.96. The number of ether oxygens (including phenoxy) is 1. The van der Waals surface area contributed by atoms with Crippen molar-refractivity contribution in [2.24, 2.45) is 0 Å². The number of rotatable bonds is 4. The zero-order valence-corrected chi connectivity index (χ0v) is 11.3. The molecule has 2 rings (SSSR count). The first-order valence-corrected chi connectivity index (χ1v) is 6.39. The van der Waals surface area contributed by atoms with E-state index in [2.05, 4.69) is 37.5 Å². The summed E-state index contributed by atoms with van der Waals surface area (Å²) in [7, 11) is 0. The van der Waals surface area contributed by atoms with Gasteiger partial charge in [0.05, 0.1) is 12.7 Å². The molecule has 0 radical (unpaired) electrons. The molecule has 0 aliphatic carbocycles. The van der Waals surface area contributed by atoms with Gasteiger partial charge in [-0.3, -0.25) is 0 Å². The number of aryl methyl sites for hydroxylation is 1. The quantitative estimate of drug-likeness (QED) is 0.793. The largest absolute Gasteiger partial charge is 0.373 e. The second-order valence-electron chi connectivity index (χ2n) is 4.44. The summed E-state index contributed by atoms with van der Waals surface area (Å²) in [6.07, 6.45) is 0.252. The number of halogens is 1. The number of hydrogen-bond acceptors (Lipinski definition) is 1. The van der Waals surface area contributed by atoms with Crippen LogP contribution in [0.25, 0.3) is 10.9 Å². The van der Waals surface area contributed by atoms with Gasteiger partial charge in [-0.25, -0.2) is 0 Å². The first-order valence-electron chi connectivity index (χ1n) is 6.01. The van der Waals surface area contributed by atoms with Crippen LogP contribution in [-0.4, -0.2) is 10.7 Å². The van der Waals surface area contributed by atoms with Crippen LogP contribution in [0.4, 0.5) is 0 Å². The number of nitrogens with zero attached hydrogens (tertiary/aromatic N) is 1. The maximum absolute atomic E-state index is 6.01. The Kier molecular flexibility index (Phi) is 3.75. The van der Waals surface area contributed by atoms with Crippen molar-refractivity contribution in [3.8, 4) is 0 Å². The van der Waals surface area contributed by atoms with Crippen LogP contribution in [0.15, 0.2) is 24.3 Å². The highest BCUT2D eigenvalue weighted by atomic mass is 35.5. The molecular formula is C14H18ClNO. The molecule has 0 atom stereocenters. The monoisotopic (exact) mass is 251 g/mol. The van der Waals surface area contributed by atoms with Crippen LogP contribution in [0.3, 0.4) is 0 Å². The van der Waals surface area contributed by atoms with Crippen molar-refractivity contribution in [1.82, 2.24) is 4.57 Å². The summed E-state index contributed by atoms with van der Waals surface area (Å²) in [5.74, 6) is 0. The SMILES string of the molecule is CCn1c(COC(C)C)cc2cc(Cl)ccc21. The molecule has 0 bridgehead atoms. The van der Waals surface area contributed by atoms with E-state index in [1.165, 1.54) is 16.6 Å². The molecule has 17 heavy (non-hydrogen) atoms. The van der Waals surface area contributed by atoms with Crippen LogP contribution < -0.4 is 0 Å². The molecule has 2 nitrogen and oxygen atoms in total. The van der Waals surface area contributed by atoms with Gasteiger partial charge in [0.25, 0.3) is 0 Å². The van der Waals surface area contributed by atoms with Gasteiger partial charge in [0.15, 0.2) is 0 Å². The molecule has 92 valence electrons. The number of benzene rings is 1. The Labute approximate surface area is 107 Å². The van der Waals surface area contributed by atoms with Gasteiger partial charge in [-0.15, -0.1) is 0 Å². The summed E-state index contributed by atoms with van der Waals surface area (Å²) >= 11 is 6.01. The van der Waals surface area contributed by atoms with Crippen LogP contribution >= 0.6 is 11.6 Å². The Morgan fingerprint density at radius 3 is 2.71 bits per heavy atom. The molecular weight excluding hydrogens is 234 g/mol. The minimum Gasteiger partial charge on any atom is -0.373 e. The van der Waals surface area contributed by atoms with Crippen LogP contribution in [0.5, 0.6) is 0 Å². The van der Waals surface area contributed by atoms with Crippen LogP contribution in [0.1, 0.15) is 26.5 Å². The van der Waals surface area contributed by atoms with Gasteiger partial charge < -0.3 is 9.30 Å². The number of fused-ring (bicyclic) bond motifs is 1. The number of aromatic nitrogens is 1. The average molecular weight is 252 g/mol. The predicted molar refractivity (Wildman–Crippen MR) is 72.5 cm³/mol. The molecule has 0 fully saturated rings. The van der Waals surface area contributed by atoms with Gasteiger partial charge in [-0.1, -0.05) is 11.6 Å². The first kappa shape index (κ1) is 12.5. The maximum atomic E-state index is 6.01. The van der Waals surface area contributed by atoms with Gasteiger partial charge in [-0.2, -0.15) is 0 Å². The first-order chi connectivity index (χ1) is 8.11. The number of hydrogen-bond donors (Lipinski definition) is 0. The molecule has 2 aromatic rings. The molecule has 1 aromatic heterocycles. The predicted octanol–water partition coefficient (Wildman–Crippen LogP) is 4.24. The van der Waals surface area contributed by atoms with E-state index in [4.69, 9.17) is 16.3 Å². The minimum atomic E-state index is 0.252. The second-order valence-corrected chi connectivity index (χ2v) is 4.88. The molecule has 0 unspecified atom stereocenters. The zero-order valence-electron chi connectivity index (χ0n) is 10.5. The highest BCUT2D eigenvalue weighted by Gasteiger charge is 2.08. The van der Waals surface area contributed by atoms with Gasteiger partial charge in [-0.05, 0) is 45.0 Å². The smallest absolute Gasteiger partial charge is 0.0871 e. The lowest BCUT2D eigenvalue weighted by molar-refractivity contribution is 0.0620. The van der Waals surface area contributed by atoms with Crippen molar-refractivity contribution in [2.75, 3.05) is 0 Å². The Morgan fingerprint density at radius 2 is 2.06 bits per heavy atom. The maximum Gasteiger partial charge on any atom is 0.0871 e. The van der Waals surface area contributed by atoms with E-state index < -0.39 is 0 Å². The molecule has 0 aliphatic rings. The zero-order chi connectivity index (χ0) is 12.4. The third-order valence-corrected chi connectivity index (χ3v) is 3.07. The summed E-state index contributed by atoms with van der Waals surface area (Å²) in [6.45, 7) is 7.85. The lowest BCUT2D eigenvalue weighted by atomic mass is 10.2. The lowest BCUT2D eigenvalue weighted by Crippen LogP contribution is -2.07. The van der Waals surface area contributed by atoms with E-state index in [-0.39, 0.29) is 6.10 Å². The van der Waals surface area contributed by atoms with E-state index in [0.29, 0.717) is 6.61 Å². The van der Waals surface area contributed by atoms with E-state index in [0.717, 1.165) is 11.6 Å². The van der Waals surface area contributed by atoms with Gasteiger partial charge >= 0.3 is 0 Å². The summed E-state index contributed by atoms with van der Waals surface area (Å²) in [6, 6.07) is 8.16. The van der Waals surface area contributed by atoms with Crippen molar-refractivity contribution in [3.05, 3.63) is 35.0 Å². The van der Waals surface area contributed by atoms with E-state index in [1.54, 1.807) is 0 Å². The fourth-order valence-corrected chi connectivity index (χ4v) is 2.22. The van der Waals surface area contributed by atoms with Crippen LogP contribution in [0.2, 0.25) is 5.02 Å². The summed E-state index contributed by atoms with van der Waals surface area (Å²) in [5.41, 5.74) is 2.43. The fourth-order valence-electron chi connectivity index (χ4n) is 2.04. The molecule has 1 aromatic carbocycles. The molecule has 0 saturated heterocycles. The Balaban J connectivity index is 2.41. The van der Waals surface area contributed by atoms with E-state index >= 15 is 0 Å². The lowest BCUT2D eigenvalue weighted by Gasteiger charge is -2.10. The molecule has 1 heterocycles.